The van der Waals surface area contributed by atoms with Crippen LogP contribution in [0.1, 0.15) is 30.9 Å². The Morgan fingerprint density at radius 1 is 1.05 bits per heavy atom. The van der Waals surface area contributed by atoms with Crippen molar-refractivity contribution < 1.29 is 4.79 Å². The summed E-state index contributed by atoms with van der Waals surface area (Å²) >= 11 is 5.83. The highest BCUT2D eigenvalue weighted by Gasteiger charge is 2.03. The van der Waals surface area contributed by atoms with Crippen LogP contribution in [0.3, 0.4) is 0 Å². The van der Waals surface area contributed by atoms with Crippen molar-refractivity contribution in [3.05, 3.63) is 64.7 Å². The molecule has 3 nitrogen and oxygen atoms in total. The van der Waals surface area contributed by atoms with Gasteiger partial charge in [-0.25, -0.2) is 0 Å². The maximum Gasteiger partial charge on any atom is 0.238 e. The molecule has 0 bridgehead atoms. The van der Waals surface area contributed by atoms with Crippen LogP contribution < -0.4 is 10.6 Å². The number of nitrogens with one attached hydrogen (secondary N) is 2. The van der Waals surface area contributed by atoms with Gasteiger partial charge >= 0.3 is 0 Å². The number of carbonyl (C=O) groups excluding carboxylic acids is 1. The van der Waals surface area contributed by atoms with E-state index in [9.17, 15) is 4.79 Å². The molecule has 22 heavy (non-hydrogen) atoms. The first-order valence-electron chi connectivity index (χ1n) is 7.39. The molecule has 1 amide bonds. The summed E-state index contributed by atoms with van der Waals surface area (Å²) in [6, 6.07) is 15.5. The Morgan fingerprint density at radius 3 is 2.27 bits per heavy atom. The third kappa shape index (κ3) is 5.17. The van der Waals surface area contributed by atoms with E-state index >= 15 is 0 Å². The van der Waals surface area contributed by atoms with Gasteiger partial charge in [0.05, 0.1) is 6.54 Å². The number of benzene rings is 2. The van der Waals surface area contributed by atoms with Crippen molar-refractivity contribution in [1.82, 2.24) is 5.32 Å². The molecule has 2 N–H and O–H groups in total. The van der Waals surface area contributed by atoms with Gasteiger partial charge in [0.15, 0.2) is 0 Å². The molecule has 0 aliphatic carbocycles. The Hall–Kier alpha value is -1.84. The zero-order valence-corrected chi connectivity index (χ0v) is 13.7. The lowest BCUT2D eigenvalue weighted by atomic mass is 10.0. The molecule has 2 aromatic rings. The first-order valence-corrected chi connectivity index (χ1v) is 7.77. The maximum atomic E-state index is 11.9. The fraction of sp³-hybridized carbons (Fsp3) is 0.278. The third-order valence-electron chi connectivity index (χ3n) is 3.39. The molecule has 0 saturated heterocycles. The van der Waals surface area contributed by atoms with Crippen LogP contribution in [0.2, 0.25) is 5.02 Å². The highest BCUT2D eigenvalue weighted by atomic mass is 35.5. The highest BCUT2D eigenvalue weighted by molar-refractivity contribution is 6.30. The van der Waals surface area contributed by atoms with Gasteiger partial charge in [-0.3, -0.25) is 4.79 Å². The van der Waals surface area contributed by atoms with Gasteiger partial charge in [-0.1, -0.05) is 49.7 Å². The normalized spacial score (nSPS) is 10.7. The summed E-state index contributed by atoms with van der Waals surface area (Å²) in [5.41, 5.74) is 3.18. The lowest BCUT2D eigenvalue weighted by Gasteiger charge is -2.09. The van der Waals surface area contributed by atoms with Crippen LogP contribution in [0.25, 0.3) is 0 Å². The van der Waals surface area contributed by atoms with E-state index in [0.29, 0.717) is 17.5 Å². The fourth-order valence-electron chi connectivity index (χ4n) is 2.08. The maximum absolute atomic E-state index is 11.9. The van der Waals surface area contributed by atoms with E-state index in [-0.39, 0.29) is 12.5 Å². The van der Waals surface area contributed by atoms with Gasteiger partial charge in [0.2, 0.25) is 5.91 Å². The summed E-state index contributed by atoms with van der Waals surface area (Å²) in [4.78, 5) is 11.9. The van der Waals surface area contributed by atoms with Crippen molar-refractivity contribution in [3.63, 3.8) is 0 Å². The summed E-state index contributed by atoms with van der Waals surface area (Å²) in [5.74, 6) is 0.442. The van der Waals surface area contributed by atoms with E-state index in [1.54, 1.807) is 0 Å². The Balaban J connectivity index is 1.76. The molecule has 0 aromatic heterocycles. The number of anilines is 1. The van der Waals surface area contributed by atoms with E-state index in [1.165, 1.54) is 5.56 Å². The number of hydrogen-bond acceptors (Lipinski definition) is 2. The molecule has 2 rings (SSSR count). The number of hydrogen-bond donors (Lipinski definition) is 2. The van der Waals surface area contributed by atoms with Crippen LogP contribution in [0.5, 0.6) is 0 Å². The van der Waals surface area contributed by atoms with Crippen LogP contribution >= 0.6 is 11.6 Å². The van der Waals surface area contributed by atoms with Crippen LogP contribution in [-0.2, 0) is 11.3 Å². The van der Waals surface area contributed by atoms with E-state index in [0.717, 1.165) is 11.3 Å². The molecule has 0 atom stereocenters. The van der Waals surface area contributed by atoms with Gasteiger partial charge in [0.25, 0.3) is 0 Å². The molecule has 0 radical (unpaired) electrons. The molecule has 0 aliphatic rings. The van der Waals surface area contributed by atoms with Crippen molar-refractivity contribution in [2.75, 3.05) is 11.9 Å². The van der Waals surface area contributed by atoms with Gasteiger partial charge in [-0.2, -0.15) is 0 Å². The second-order valence-corrected chi connectivity index (χ2v) is 5.99. The third-order valence-corrected chi connectivity index (χ3v) is 3.64. The fourth-order valence-corrected chi connectivity index (χ4v) is 2.21. The largest absolute Gasteiger partial charge is 0.325 e. The minimum Gasteiger partial charge on any atom is -0.325 e. The zero-order valence-electron chi connectivity index (χ0n) is 12.9. The predicted molar refractivity (Wildman–Crippen MR) is 92.3 cm³/mol. The quantitative estimate of drug-likeness (QED) is 0.839. The molecule has 0 heterocycles. The molecular formula is C18H21ClN2O. The van der Waals surface area contributed by atoms with E-state index < -0.39 is 0 Å². The topological polar surface area (TPSA) is 41.1 Å². The number of amides is 1. The second-order valence-electron chi connectivity index (χ2n) is 5.55. The molecule has 0 fully saturated rings. The van der Waals surface area contributed by atoms with Crippen LogP contribution in [0, 0.1) is 0 Å². The molecular weight excluding hydrogens is 296 g/mol. The Morgan fingerprint density at radius 2 is 1.68 bits per heavy atom. The van der Waals surface area contributed by atoms with Crippen molar-refractivity contribution in [2.24, 2.45) is 0 Å². The standard InChI is InChI=1S/C18H21ClN2O/c1-13(2)15-5-9-17(10-6-15)21-18(22)12-20-11-14-3-7-16(19)8-4-14/h3-10,13,20H,11-12H2,1-2H3,(H,21,22). The lowest BCUT2D eigenvalue weighted by molar-refractivity contribution is -0.115. The van der Waals surface area contributed by atoms with Gasteiger partial charge in [-0.15, -0.1) is 0 Å². The first-order chi connectivity index (χ1) is 10.5. The van der Waals surface area contributed by atoms with E-state index in [2.05, 4.69) is 24.5 Å². The molecule has 0 spiro atoms. The van der Waals surface area contributed by atoms with Crippen molar-refractivity contribution in [1.29, 1.82) is 0 Å². The lowest BCUT2D eigenvalue weighted by Crippen LogP contribution is -2.27. The van der Waals surface area contributed by atoms with Gasteiger partial charge in [-0.05, 0) is 41.3 Å². The van der Waals surface area contributed by atoms with Crippen molar-refractivity contribution in [2.45, 2.75) is 26.3 Å². The summed E-state index contributed by atoms with van der Waals surface area (Å²) in [7, 11) is 0. The first kappa shape index (κ1) is 16.5. The number of carbonyl (C=O) groups is 1. The zero-order chi connectivity index (χ0) is 15.9. The van der Waals surface area contributed by atoms with Crippen molar-refractivity contribution in [3.8, 4) is 0 Å². The smallest absolute Gasteiger partial charge is 0.238 e. The van der Waals surface area contributed by atoms with Gasteiger partial charge < -0.3 is 10.6 Å². The van der Waals surface area contributed by atoms with Crippen LogP contribution in [0.4, 0.5) is 5.69 Å². The molecule has 0 unspecified atom stereocenters. The minimum atomic E-state index is -0.0498. The SMILES string of the molecule is CC(C)c1ccc(NC(=O)CNCc2ccc(Cl)cc2)cc1. The molecule has 0 aliphatic heterocycles. The molecule has 2 aromatic carbocycles. The number of rotatable bonds is 6. The average Bonchev–Trinajstić information content (AvgIpc) is 2.50. The highest BCUT2D eigenvalue weighted by Crippen LogP contribution is 2.17. The molecule has 4 heteroatoms. The second kappa shape index (κ2) is 7.97. The Kier molecular flexibility index (Phi) is 5.99. The van der Waals surface area contributed by atoms with Crippen molar-refractivity contribution >= 4 is 23.2 Å². The van der Waals surface area contributed by atoms with Crippen LogP contribution in [0.15, 0.2) is 48.5 Å². The average molecular weight is 317 g/mol. The predicted octanol–water partition coefficient (Wildman–Crippen LogP) is 4.19. The van der Waals surface area contributed by atoms with Gasteiger partial charge in [0.1, 0.15) is 0 Å². The van der Waals surface area contributed by atoms with E-state index in [1.807, 2.05) is 48.5 Å². The summed E-state index contributed by atoms with van der Waals surface area (Å²) in [6.45, 7) is 5.20. The minimum absolute atomic E-state index is 0.0498. The summed E-state index contributed by atoms with van der Waals surface area (Å²) in [5, 5.41) is 6.71. The Bertz CT molecular complexity index is 606. The van der Waals surface area contributed by atoms with Gasteiger partial charge in [0, 0.05) is 17.3 Å². The molecule has 116 valence electrons. The number of halogens is 1. The summed E-state index contributed by atoms with van der Waals surface area (Å²) < 4.78 is 0. The molecule has 0 saturated carbocycles. The monoisotopic (exact) mass is 316 g/mol. The summed E-state index contributed by atoms with van der Waals surface area (Å²) in [6.07, 6.45) is 0. The van der Waals surface area contributed by atoms with Crippen LogP contribution in [-0.4, -0.2) is 12.5 Å². The Labute approximate surface area is 136 Å². The van der Waals surface area contributed by atoms with E-state index in [4.69, 9.17) is 11.6 Å².